The van der Waals surface area contributed by atoms with Gasteiger partial charge in [-0.3, -0.25) is 0 Å². The van der Waals surface area contributed by atoms with Crippen LogP contribution in [-0.2, 0) is 50.1 Å². The third-order valence-electron chi connectivity index (χ3n) is 8.44. The Labute approximate surface area is 300 Å². The molecule has 0 spiro atoms. The van der Waals surface area contributed by atoms with Crippen molar-refractivity contribution in [2.75, 3.05) is 40.8 Å². The van der Waals surface area contributed by atoms with Crippen molar-refractivity contribution in [1.82, 2.24) is 0 Å². The minimum absolute atomic E-state index is 0.299. The molecule has 10 heteroatoms. The van der Waals surface area contributed by atoms with E-state index >= 15 is 0 Å². The van der Waals surface area contributed by atoms with Gasteiger partial charge in [-0.1, -0.05) is 55.5 Å². The second-order valence-corrected chi connectivity index (χ2v) is 13.1. The molecular formula is C40H48O9S. The predicted octanol–water partition coefficient (Wildman–Crippen LogP) is 7.47. The first-order valence-electron chi connectivity index (χ1n) is 16.7. The molecular weight excluding hydrogens is 656 g/mol. The topological polar surface area (TPSA) is 83.1 Å². The lowest BCUT2D eigenvalue weighted by Crippen LogP contribution is -2.60. The molecule has 4 aromatic rings. The molecule has 0 N–H and O–H groups in total. The quantitative estimate of drug-likeness (QED) is 0.0981. The molecule has 1 fully saturated rings. The van der Waals surface area contributed by atoms with Crippen molar-refractivity contribution in [2.24, 2.45) is 0 Å². The molecule has 1 aliphatic rings. The van der Waals surface area contributed by atoms with E-state index in [4.69, 9.17) is 42.6 Å². The van der Waals surface area contributed by atoms with Gasteiger partial charge in [0, 0.05) is 0 Å². The molecule has 5 rings (SSSR count). The van der Waals surface area contributed by atoms with E-state index in [-0.39, 0.29) is 5.44 Å². The Morgan fingerprint density at radius 2 is 0.840 bits per heavy atom. The van der Waals surface area contributed by atoms with E-state index in [2.05, 4.69) is 6.92 Å². The molecule has 0 radical (unpaired) electrons. The first-order chi connectivity index (χ1) is 24.5. The summed E-state index contributed by atoms with van der Waals surface area (Å²) in [5, 5.41) is 0. The Morgan fingerprint density at radius 3 is 1.22 bits per heavy atom. The molecule has 0 bridgehead atoms. The molecule has 0 aromatic heterocycles. The third-order valence-corrected chi connectivity index (χ3v) is 9.48. The highest BCUT2D eigenvalue weighted by Crippen LogP contribution is 2.36. The highest BCUT2D eigenvalue weighted by molar-refractivity contribution is 7.99. The van der Waals surface area contributed by atoms with E-state index in [1.165, 1.54) is 0 Å². The van der Waals surface area contributed by atoms with Crippen LogP contribution in [-0.4, -0.2) is 70.7 Å². The van der Waals surface area contributed by atoms with Crippen molar-refractivity contribution in [1.29, 1.82) is 0 Å². The van der Waals surface area contributed by atoms with Crippen molar-refractivity contribution < 1.29 is 42.6 Å². The first kappa shape index (κ1) is 37.5. The molecule has 0 amide bonds. The fourth-order valence-corrected chi connectivity index (χ4v) is 6.61. The minimum atomic E-state index is -0.513. The number of hydrogen-bond donors (Lipinski definition) is 0. The average molecular weight is 705 g/mol. The number of hydrogen-bond acceptors (Lipinski definition) is 10. The zero-order valence-electron chi connectivity index (χ0n) is 29.4. The number of methoxy groups -OCH3 is 4. The maximum absolute atomic E-state index is 6.82. The van der Waals surface area contributed by atoms with Gasteiger partial charge < -0.3 is 42.6 Å². The number of ether oxygens (including phenoxy) is 9. The fourth-order valence-electron chi connectivity index (χ4n) is 5.64. The van der Waals surface area contributed by atoms with Gasteiger partial charge in [-0.2, -0.15) is 0 Å². The van der Waals surface area contributed by atoms with Crippen LogP contribution >= 0.6 is 11.8 Å². The van der Waals surface area contributed by atoms with Gasteiger partial charge >= 0.3 is 0 Å². The van der Waals surface area contributed by atoms with Crippen LogP contribution in [0.1, 0.15) is 29.2 Å². The summed E-state index contributed by atoms with van der Waals surface area (Å²) in [4.78, 5) is 0. The van der Waals surface area contributed by atoms with E-state index in [0.717, 1.165) is 51.0 Å². The van der Waals surface area contributed by atoms with Gasteiger partial charge in [0.25, 0.3) is 0 Å². The van der Waals surface area contributed by atoms with Crippen molar-refractivity contribution in [3.05, 3.63) is 119 Å². The standard InChI is InChI=1S/C40H48O9S/c1-6-50-40-39(48-26-31-13-21-35(44-5)22-14-31)38(47-25-30-11-19-34(43-4)20-12-30)37(46-24-29-9-17-33(42-3)18-10-29)36(49-40)27-45-23-28-7-15-32(41-2)16-8-28/h7-22,36-40H,6,23-27H2,1-5H3/t36-,37+,38+,39-,40+/m1/s1. The zero-order valence-corrected chi connectivity index (χ0v) is 30.3. The molecule has 1 aliphatic heterocycles. The zero-order chi connectivity index (χ0) is 35.1. The van der Waals surface area contributed by atoms with Gasteiger partial charge in [0.05, 0.1) is 61.5 Å². The summed E-state index contributed by atoms with van der Waals surface area (Å²) in [6.07, 6.45) is -1.88. The second kappa shape index (κ2) is 19.6. The molecule has 268 valence electrons. The van der Waals surface area contributed by atoms with Crippen molar-refractivity contribution >= 4 is 11.8 Å². The molecule has 0 unspecified atom stereocenters. The van der Waals surface area contributed by atoms with Gasteiger partial charge in [0.1, 0.15) is 52.8 Å². The Balaban J connectivity index is 1.41. The maximum Gasteiger partial charge on any atom is 0.132 e. The van der Waals surface area contributed by atoms with Crippen molar-refractivity contribution in [3.8, 4) is 23.0 Å². The molecule has 50 heavy (non-hydrogen) atoms. The summed E-state index contributed by atoms with van der Waals surface area (Å²) in [6.45, 7) is 3.88. The van der Waals surface area contributed by atoms with Crippen LogP contribution in [0.15, 0.2) is 97.1 Å². The van der Waals surface area contributed by atoms with Gasteiger partial charge in [0.15, 0.2) is 0 Å². The molecule has 9 nitrogen and oxygen atoms in total. The monoisotopic (exact) mass is 704 g/mol. The predicted molar refractivity (Wildman–Crippen MR) is 194 cm³/mol. The summed E-state index contributed by atoms with van der Waals surface area (Å²) >= 11 is 1.69. The smallest absolute Gasteiger partial charge is 0.132 e. The van der Waals surface area contributed by atoms with Crippen molar-refractivity contribution in [3.63, 3.8) is 0 Å². The van der Waals surface area contributed by atoms with Crippen LogP contribution in [0.3, 0.4) is 0 Å². The summed E-state index contributed by atoms with van der Waals surface area (Å²) in [5.74, 6) is 3.99. The van der Waals surface area contributed by atoms with E-state index in [1.54, 1.807) is 40.2 Å². The van der Waals surface area contributed by atoms with Gasteiger partial charge in [-0.15, -0.1) is 11.8 Å². The minimum Gasteiger partial charge on any atom is -0.497 e. The molecule has 1 saturated heterocycles. The fraction of sp³-hybridized carbons (Fsp3) is 0.400. The number of thioether (sulfide) groups is 1. The van der Waals surface area contributed by atoms with E-state index in [1.807, 2.05) is 97.1 Å². The van der Waals surface area contributed by atoms with Crippen LogP contribution in [0.4, 0.5) is 0 Å². The van der Waals surface area contributed by atoms with Crippen LogP contribution in [0.2, 0.25) is 0 Å². The molecule has 4 aromatic carbocycles. The van der Waals surface area contributed by atoms with E-state index in [0.29, 0.717) is 33.0 Å². The lowest BCUT2D eigenvalue weighted by atomic mass is 9.98. The normalized spacial score (nSPS) is 20.3. The van der Waals surface area contributed by atoms with Gasteiger partial charge in [-0.25, -0.2) is 0 Å². The summed E-state index contributed by atoms with van der Waals surface area (Å²) in [5.41, 5.74) is 3.73. The maximum atomic E-state index is 6.82. The molecule has 0 aliphatic carbocycles. The Morgan fingerprint density at radius 1 is 0.480 bits per heavy atom. The van der Waals surface area contributed by atoms with Crippen LogP contribution < -0.4 is 18.9 Å². The van der Waals surface area contributed by atoms with Crippen LogP contribution in [0.5, 0.6) is 23.0 Å². The van der Waals surface area contributed by atoms with Crippen LogP contribution in [0, 0.1) is 0 Å². The lowest BCUT2D eigenvalue weighted by Gasteiger charge is -2.46. The third kappa shape index (κ3) is 10.6. The highest BCUT2D eigenvalue weighted by Gasteiger charge is 2.48. The number of benzene rings is 4. The lowest BCUT2D eigenvalue weighted by molar-refractivity contribution is -0.254. The summed E-state index contributed by atoms with van der Waals surface area (Å²) in [6, 6.07) is 31.5. The Hall–Kier alpha value is -3.77. The summed E-state index contributed by atoms with van der Waals surface area (Å²) in [7, 11) is 6.63. The Kier molecular flexibility index (Phi) is 14.7. The van der Waals surface area contributed by atoms with Crippen LogP contribution in [0.25, 0.3) is 0 Å². The van der Waals surface area contributed by atoms with Gasteiger partial charge in [0.2, 0.25) is 0 Å². The first-order valence-corrected chi connectivity index (χ1v) is 17.8. The van der Waals surface area contributed by atoms with E-state index < -0.39 is 24.4 Å². The molecule has 5 atom stereocenters. The second-order valence-electron chi connectivity index (χ2n) is 11.7. The number of rotatable bonds is 19. The van der Waals surface area contributed by atoms with Gasteiger partial charge in [-0.05, 0) is 76.5 Å². The molecule has 1 heterocycles. The molecule has 0 saturated carbocycles. The average Bonchev–Trinajstić information content (AvgIpc) is 3.17. The van der Waals surface area contributed by atoms with E-state index in [9.17, 15) is 0 Å². The summed E-state index contributed by atoms with van der Waals surface area (Å²) < 4.78 is 54.8. The highest BCUT2D eigenvalue weighted by atomic mass is 32.2. The van der Waals surface area contributed by atoms with Crippen molar-refractivity contribution in [2.45, 2.75) is 63.2 Å². The largest absolute Gasteiger partial charge is 0.497 e. The Bertz CT molecular complexity index is 1530. The SMILES string of the molecule is CCS[C@@H]1O[C@H](COCc2ccc(OC)cc2)[C@H](OCc2ccc(OC)cc2)[C@H](OCc2ccc(OC)cc2)[C@H]1OCc1ccc(OC)cc1.